The molecule has 134 valence electrons. The fourth-order valence-corrected chi connectivity index (χ4v) is 4.82. The molecule has 2 aliphatic rings. The predicted octanol–water partition coefficient (Wildman–Crippen LogP) is 3.21. The largest absolute Gasteiger partial charge is 0.390 e. The molecule has 2 N–H and O–H groups in total. The fourth-order valence-electron chi connectivity index (χ4n) is 4.82. The number of hydrogen-bond donors (Lipinski definition) is 2. The summed E-state index contributed by atoms with van der Waals surface area (Å²) in [6, 6.07) is 3.71. The zero-order valence-corrected chi connectivity index (χ0v) is 15.1. The van der Waals surface area contributed by atoms with E-state index in [4.69, 9.17) is 4.98 Å². The van der Waals surface area contributed by atoms with Gasteiger partial charge in [0.2, 0.25) is 0 Å². The predicted molar refractivity (Wildman–Crippen MR) is 99.7 cm³/mol. The van der Waals surface area contributed by atoms with Crippen molar-refractivity contribution < 1.29 is 9.50 Å². The van der Waals surface area contributed by atoms with Gasteiger partial charge in [-0.25, -0.2) is 9.37 Å². The van der Waals surface area contributed by atoms with Crippen LogP contribution in [-0.4, -0.2) is 21.7 Å². The fraction of sp³-hybridized carbons (Fsp3) is 0.381. The molecule has 0 radical (unpaired) electrons. The van der Waals surface area contributed by atoms with Crippen molar-refractivity contribution in [3.8, 4) is 11.4 Å². The van der Waals surface area contributed by atoms with Crippen molar-refractivity contribution in [2.24, 2.45) is 0 Å². The van der Waals surface area contributed by atoms with E-state index in [2.05, 4.69) is 16.0 Å². The van der Waals surface area contributed by atoms with Crippen LogP contribution in [0.2, 0.25) is 0 Å². The molecular weight excluding hydrogens is 329 g/mol. The summed E-state index contributed by atoms with van der Waals surface area (Å²) in [5.74, 6) is -0.159. The van der Waals surface area contributed by atoms with Gasteiger partial charge in [-0.15, -0.1) is 0 Å². The van der Waals surface area contributed by atoms with Crippen LogP contribution in [0.5, 0.6) is 0 Å². The molecule has 3 aromatic rings. The lowest BCUT2D eigenvalue weighted by atomic mass is 9.85. The van der Waals surface area contributed by atoms with E-state index in [1.54, 1.807) is 6.07 Å². The molecule has 2 aromatic heterocycles. The third-order valence-corrected chi connectivity index (χ3v) is 6.04. The van der Waals surface area contributed by atoms with Gasteiger partial charge in [-0.1, -0.05) is 0 Å². The Morgan fingerprint density at radius 2 is 2.04 bits per heavy atom. The van der Waals surface area contributed by atoms with Crippen LogP contribution in [0, 0.1) is 12.7 Å². The van der Waals surface area contributed by atoms with Crippen LogP contribution >= 0.6 is 0 Å². The zero-order chi connectivity index (χ0) is 18.0. The van der Waals surface area contributed by atoms with E-state index in [0.29, 0.717) is 6.54 Å². The second kappa shape index (κ2) is 5.63. The summed E-state index contributed by atoms with van der Waals surface area (Å²) >= 11 is 0. The van der Waals surface area contributed by atoms with E-state index in [1.807, 2.05) is 14.0 Å². The van der Waals surface area contributed by atoms with Gasteiger partial charge in [-0.05, 0) is 61.6 Å². The smallest absolute Gasteiger partial charge is 0.128 e. The van der Waals surface area contributed by atoms with Gasteiger partial charge in [0.25, 0.3) is 0 Å². The number of nitrogens with one attached hydrogen (secondary N) is 1. The molecule has 5 heteroatoms. The number of aryl methyl sites for hydroxylation is 2. The SMILES string of the molecule is CNCc1cc2n(c1CO)Cc1c-2nc2cc(F)c(C)c3c2c1CCC3. The third kappa shape index (κ3) is 1.98. The van der Waals surface area contributed by atoms with E-state index < -0.39 is 0 Å². The number of pyridine rings is 1. The lowest BCUT2D eigenvalue weighted by Crippen LogP contribution is -2.11. The zero-order valence-electron chi connectivity index (χ0n) is 15.1. The van der Waals surface area contributed by atoms with Gasteiger partial charge in [0.05, 0.1) is 30.1 Å². The number of hydrogen-bond acceptors (Lipinski definition) is 3. The number of halogens is 1. The van der Waals surface area contributed by atoms with Crippen molar-refractivity contribution in [1.29, 1.82) is 0 Å². The Morgan fingerprint density at radius 3 is 2.81 bits per heavy atom. The molecule has 26 heavy (non-hydrogen) atoms. The minimum Gasteiger partial charge on any atom is -0.390 e. The number of benzene rings is 1. The van der Waals surface area contributed by atoms with Gasteiger partial charge in [0.1, 0.15) is 5.82 Å². The van der Waals surface area contributed by atoms with Crippen LogP contribution in [0.4, 0.5) is 4.39 Å². The maximum Gasteiger partial charge on any atom is 0.128 e. The Kier molecular flexibility index (Phi) is 3.46. The molecule has 0 saturated heterocycles. The number of aliphatic hydroxyl groups is 1. The first-order valence-corrected chi connectivity index (χ1v) is 9.24. The van der Waals surface area contributed by atoms with Crippen LogP contribution in [0.25, 0.3) is 22.3 Å². The second-order valence-corrected chi connectivity index (χ2v) is 7.40. The maximum absolute atomic E-state index is 14.4. The molecule has 0 fully saturated rings. The van der Waals surface area contributed by atoms with E-state index in [0.717, 1.165) is 65.1 Å². The Morgan fingerprint density at radius 1 is 1.23 bits per heavy atom. The topological polar surface area (TPSA) is 50.1 Å². The number of rotatable bonds is 3. The molecule has 1 aromatic carbocycles. The first-order valence-electron chi connectivity index (χ1n) is 9.24. The molecule has 1 aliphatic carbocycles. The van der Waals surface area contributed by atoms with Crippen molar-refractivity contribution in [3.05, 3.63) is 51.5 Å². The van der Waals surface area contributed by atoms with E-state index >= 15 is 0 Å². The summed E-state index contributed by atoms with van der Waals surface area (Å²) < 4.78 is 16.6. The van der Waals surface area contributed by atoms with Crippen LogP contribution in [0.3, 0.4) is 0 Å². The molecule has 5 rings (SSSR count). The van der Waals surface area contributed by atoms with Crippen molar-refractivity contribution >= 4 is 10.9 Å². The Labute approximate surface area is 151 Å². The van der Waals surface area contributed by atoms with Crippen LogP contribution < -0.4 is 5.32 Å². The highest BCUT2D eigenvalue weighted by molar-refractivity contribution is 5.92. The quantitative estimate of drug-likeness (QED) is 0.596. The van der Waals surface area contributed by atoms with Gasteiger partial charge >= 0.3 is 0 Å². The first-order chi connectivity index (χ1) is 12.6. The molecule has 0 atom stereocenters. The van der Waals surface area contributed by atoms with Gasteiger partial charge in [-0.3, -0.25) is 0 Å². The Bertz CT molecular complexity index is 1070. The Balaban J connectivity index is 1.81. The minimum absolute atomic E-state index is 0.0127. The third-order valence-electron chi connectivity index (χ3n) is 6.04. The number of aliphatic hydroxyl groups excluding tert-OH is 1. The second-order valence-electron chi connectivity index (χ2n) is 7.40. The highest BCUT2D eigenvalue weighted by atomic mass is 19.1. The normalized spacial score (nSPS) is 14.8. The van der Waals surface area contributed by atoms with Crippen LogP contribution in [-0.2, 0) is 32.5 Å². The van der Waals surface area contributed by atoms with E-state index in [1.165, 1.54) is 16.5 Å². The summed E-state index contributed by atoms with van der Waals surface area (Å²) in [5, 5.41) is 14.2. The van der Waals surface area contributed by atoms with Crippen LogP contribution in [0.15, 0.2) is 12.1 Å². The number of aromatic nitrogens is 2. The molecule has 0 unspecified atom stereocenters. The highest BCUT2D eigenvalue weighted by Crippen LogP contribution is 2.42. The van der Waals surface area contributed by atoms with Gasteiger partial charge in [0.15, 0.2) is 0 Å². The van der Waals surface area contributed by atoms with Crippen LogP contribution in [0.1, 0.15) is 39.9 Å². The van der Waals surface area contributed by atoms with Crippen molar-refractivity contribution in [2.75, 3.05) is 7.05 Å². The van der Waals surface area contributed by atoms with Crippen molar-refractivity contribution in [3.63, 3.8) is 0 Å². The molecule has 0 spiro atoms. The minimum atomic E-state index is -0.159. The average molecular weight is 351 g/mol. The lowest BCUT2D eigenvalue weighted by molar-refractivity contribution is 0.270. The van der Waals surface area contributed by atoms with Crippen molar-refractivity contribution in [1.82, 2.24) is 14.9 Å². The lowest BCUT2D eigenvalue weighted by Gasteiger charge is -2.22. The first kappa shape index (κ1) is 16.0. The molecule has 1 aliphatic heterocycles. The average Bonchev–Trinajstić information content (AvgIpc) is 3.16. The van der Waals surface area contributed by atoms with Gasteiger partial charge in [-0.2, -0.15) is 0 Å². The molecular formula is C21H22FN3O. The number of fused-ring (bicyclic) bond motifs is 4. The molecule has 0 bridgehead atoms. The monoisotopic (exact) mass is 351 g/mol. The van der Waals surface area contributed by atoms with Gasteiger partial charge in [0, 0.05) is 29.3 Å². The Hall–Kier alpha value is -2.24. The van der Waals surface area contributed by atoms with E-state index in [-0.39, 0.29) is 12.4 Å². The molecule has 0 amide bonds. The summed E-state index contributed by atoms with van der Waals surface area (Å²) in [4.78, 5) is 4.89. The molecule has 4 nitrogen and oxygen atoms in total. The number of nitrogens with zero attached hydrogens (tertiary/aromatic N) is 2. The molecule has 3 heterocycles. The molecule has 0 saturated carbocycles. The summed E-state index contributed by atoms with van der Waals surface area (Å²) in [5.41, 5.74) is 9.30. The van der Waals surface area contributed by atoms with E-state index in [9.17, 15) is 9.50 Å². The maximum atomic E-state index is 14.4. The van der Waals surface area contributed by atoms with Crippen molar-refractivity contribution in [2.45, 2.75) is 45.9 Å². The standard InChI is InChI=1S/C21H22FN3O/c1-11-13-4-3-5-14-15-9-25-18(6-12(8-23-2)19(25)10-26)21(15)24-17(20(13)14)7-16(11)22/h6-7,23,26H,3-5,8-10H2,1-2H3. The summed E-state index contributed by atoms with van der Waals surface area (Å²) in [7, 11) is 1.90. The van der Waals surface area contributed by atoms with Gasteiger partial charge < -0.3 is 15.0 Å². The highest BCUT2D eigenvalue weighted by Gasteiger charge is 2.30. The summed E-state index contributed by atoms with van der Waals surface area (Å²) in [6.07, 6.45) is 2.99. The summed E-state index contributed by atoms with van der Waals surface area (Å²) in [6.45, 7) is 3.35.